The van der Waals surface area contributed by atoms with Crippen molar-refractivity contribution in [1.29, 1.82) is 0 Å². The van der Waals surface area contributed by atoms with Gasteiger partial charge in [0.05, 0.1) is 6.54 Å². The van der Waals surface area contributed by atoms with Crippen LogP contribution in [0, 0.1) is 11.8 Å². The standard InChI is InChI=1S/C24H35N5O5/c1-5-14(4)21(28-19(30)11-25)23(32)29-20(13(2)3)22(31)27-18(24(33)34)10-15-12-26-17-9-7-6-8-16(15)17/h6-9,12-14,18,20-21,26H,5,10-11,25H2,1-4H3,(H,27,31)(H,28,30)(H,29,32)(H,33,34). The molecule has 186 valence electrons. The summed E-state index contributed by atoms with van der Waals surface area (Å²) >= 11 is 0. The average molecular weight is 474 g/mol. The van der Waals surface area contributed by atoms with Gasteiger partial charge in [-0.25, -0.2) is 4.79 Å². The highest BCUT2D eigenvalue weighted by atomic mass is 16.4. The molecule has 4 atom stereocenters. The van der Waals surface area contributed by atoms with Crippen molar-refractivity contribution in [3.63, 3.8) is 0 Å². The van der Waals surface area contributed by atoms with Gasteiger partial charge in [0.1, 0.15) is 18.1 Å². The quantitative estimate of drug-likeness (QED) is 0.268. The number of rotatable bonds is 12. The summed E-state index contributed by atoms with van der Waals surface area (Å²) in [6.07, 6.45) is 2.42. The second-order valence-electron chi connectivity index (χ2n) is 8.83. The van der Waals surface area contributed by atoms with E-state index in [0.29, 0.717) is 6.42 Å². The van der Waals surface area contributed by atoms with E-state index in [9.17, 15) is 24.3 Å². The topological polar surface area (TPSA) is 166 Å². The van der Waals surface area contributed by atoms with E-state index in [1.807, 2.05) is 38.1 Å². The van der Waals surface area contributed by atoms with Gasteiger partial charge in [-0.2, -0.15) is 0 Å². The largest absolute Gasteiger partial charge is 0.480 e. The molecule has 3 amide bonds. The van der Waals surface area contributed by atoms with Crippen molar-refractivity contribution in [1.82, 2.24) is 20.9 Å². The molecule has 0 aliphatic carbocycles. The second kappa shape index (κ2) is 12.2. The summed E-state index contributed by atoms with van der Waals surface area (Å²) in [5.74, 6) is -3.30. The Morgan fingerprint density at radius 2 is 1.65 bits per heavy atom. The Morgan fingerprint density at radius 1 is 1.00 bits per heavy atom. The summed E-state index contributed by atoms with van der Waals surface area (Å²) in [5, 5.41) is 18.5. The van der Waals surface area contributed by atoms with Crippen molar-refractivity contribution >= 4 is 34.6 Å². The third kappa shape index (κ3) is 6.80. The Balaban J connectivity index is 2.16. The fourth-order valence-electron chi connectivity index (χ4n) is 3.69. The molecule has 7 N–H and O–H groups in total. The molecule has 1 aromatic carbocycles. The van der Waals surface area contributed by atoms with Crippen molar-refractivity contribution < 1.29 is 24.3 Å². The van der Waals surface area contributed by atoms with Gasteiger partial charge >= 0.3 is 5.97 Å². The van der Waals surface area contributed by atoms with Crippen LogP contribution >= 0.6 is 0 Å². The third-order valence-corrected chi connectivity index (χ3v) is 5.96. The Hall–Kier alpha value is -3.40. The molecule has 34 heavy (non-hydrogen) atoms. The molecule has 10 nitrogen and oxygen atoms in total. The summed E-state index contributed by atoms with van der Waals surface area (Å²) in [4.78, 5) is 52.9. The number of fused-ring (bicyclic) bond motifs is 1. The molecule has 10 heteroatoms. The van der Waals surface area contributed by atoms with Crippen molar-refractivity contribution in [3.8, 4) is 0 Å². The predicted molar refractivity (Wildman–Crippen MR) is 129 cm³/mol. The van der Waals surface area contributed by atoms with Crippen LogP contribution in [0.3, 0.4) is 0 Å². The first-order valence-corrected chi connectivity index (χ1v) is 11.5. The van der Waals surface area contributed by atoms with Crippen molar-refractivity contribution in [2.24, 2.45) is 17.6 Å². The van der Waals surface area contributed by atoms with E-state index in [0.717, 1.165) is 16.5 Å². The number of nitrogens with one attached hydrogen (secondary N) is 4. The van der Waals surface area contributed by atoms with Crippen LogP contribution < -0.4 is 21.7 Å². The lowest BCUT2D eigenvalue weighted by molar-refractivity contribution is -0.142. The van der Waals surface area contributed by atoms with Crippen molar-refractivity contribution in [2.45, 2.75) is 58.7 Å². The van der Waals surface area contributed by atoms with Crippen LogP contribution in [0.15, 0.2) is 30.5 Å². The maximum absolute atomic E-state index is 13.1. The van der Waals surface area contributed by atoms with Gasteiger partial charge < -0.3 is 31.8 Å². The zero-order chi connectivity index (χ0) is 25.4. The number of carbonyl (C=O) groups is 4. The first-order chi connectivity index (χ1) is 16.1. The fraction of sp³-hybridized carbons (Fsp3) is 0.500. The normalized spacial score (nSPS) is 14.8. The number of aromatic nitrogens is 1. The molecule has 2 aromatic rings. The number of hydrogen-bond acceptors (Lipinski definition) is 5. The molecule has 0 spiro atoms. The van der Waals surface area contributed by atoms with Gasteiger partial charge in [-0.15, -0.1) is 0 Å². The lowest BCUT2D eigenvalue weighted by Crippen LogP contribution is -2.59. The van der Waals surface area contributed by atoms with Crippen molar-refractivity contribution in [3.05, 3.63) is 36.0 Å². The lowest BCUT2D eigenvalue weighted by Gasteiger charge is -2.28. The van der Waals surface area contributed by atoms with E-state index < -0.39 is 41.8 Å². The van der Waals surface area contributed by atoms with E-state index in [1.54, 1.807) is 20.0 Å². The molecule has 0 aliphatic heterocycles. The Morgan fingerprint density at radius 3 is 2.24 bits per heavy atom. The SMILES string of the molecule is CCC(C)C(NC(=O)CN)C(=O)NC(C(=O)NC(Cc1c[nH]c2ccccc12)C(=O)O)C(C)C. The van der Waals surface area contributed by atoms with Crippen LogP contribution in [0.4, 0.5) is 0 Å². The fourth-order valence-corrected chi connectivity index (χ4v) is 3.69. The minimum Gasteiger partial charge on any atom is -0.480 e. The Bertz CT molecular complexity index is 1020. The molecule has 1 aromatic heterocycles. The number of H-pyrrole nitrogens is 1. The van der Waals surface area contributed by atoms with E-state index >= 15 is 0 Å². The van der Waals surface area contributed by atoms with Crippen molar-refractivity contribution in [2.75, 3.05) is 6.54 Å². The smallest absolute Gasteiger partial charge is 0.326 e. The number of carboxylic acids is 1. The number of benzene rings is 1. The molecule has 0 fully saturated rings. The van der Waals surface area contributed by atoms with E-state index in [1.165, 1.54) is 0 Å². The predicted octanol–water partition coefficient (Wildman–Crippen LogP) is 0.910. The number of amides is 3. The van der Waals surface area contributed by atoms with Crippen LogP contribution in [0.2, 0.25) is 0 Å². The van der Waals surface area contributed by atoms with Crippen LogP contribution in [-0.2, 0) is 25.6 Å². The third-order valence-electron chi connectivity index (χ3n) is 5.96. The first-order valence-electron chi connectivity index (χ1n) is 11.5. The number of aromatic amines is 1. The van der Waals surface area contributed by atoms with E-state index in [2.05, 4.69) is 20.9 Å². The molecular weight excluding hydrogens is 438 g/mol. The average Bonchev–Trinajstić information content (AvgIpc) is 3.22. The molecular formula is C24H35N5O5. The molecule has 1 heterocycles. The minimum atomic E-state index is -1.19. The molecule has 2 rings (SSSR count). The van der Waals surface area contributed by atoms with Gasteiger partial charge in [-0.3, -0.25) is 14.4 Å². The van der Waals surface area contributed by atoms with Crippen LogP contribution in [-0.4, -0.2) is 58.5 Å². The monoisotopic (exact) mass is 473 g/mol. The highest BCUT2D eigenvalue weighted by molar-refractivity contribution is 5.94. The molecule has 0 bridgehead atoms. The maximum atomic E-state index is 13.1. The number of hydrogen-bond donors (Lipinski definition) is 6. The molecule has 0 saturated carbocycles. The minimum absolute atomic E-state index is 0.0753. The number of aliphatic carboxylic acids is 1. The zero-order valence-corrected chi connectivity index (χ0v) is 20.1. The summed E-state index contributed by atoms with van der Waals surface area (Å²) in [5.41, 5.74) is 7.00. The van der Waals surface area contributed by atoms with Crippen LogP contribution in [0.5, 0.6) is 0 Å². The van der Waals surface area contributed by atoms with Gasteiger partial charge in [0.15, 0.2) is 0 Å². The molecule has 0 aliphatic rings. The van der Waals surface area contributed by atoms with Gasteiger partial charge in [0.25, 0.3) is 0 Å². The summed E-state index contributed by atoms with van der Waals surface area (Å²) in [6.45, 7) is 6.93. The van der Waals surface area contributed by atoms with E-state index in [4.69, 9.17) is 5.73 Å². The molecule has 0 saturated heterocycles. The highest BCUT2D eigenvalue weighted by Crippen LogP contribution is 2.19. The first kappa shape index (κ1) is 26.8. The summed E-state index contributed by atoms with van der Waals surface area (Å²) in [7, 11) is 0. The highest BCUT2D eigenvalue weighted by Gasteiger charge is 2.33. The second-order valence-corrected chi connectivity index (χ2v) is 8.83. The summed E-state index contributed by atoms with van der Waals surface area (Å²) in [6, 6.07) is 4.45. The van der Waals surface area contributed by atoms with Crippen LogP contribution in [0.1, 0.15) is 39.7 Å². The number of para-hydroxylation sites is 1. The van der Waals surface area contributed by atoms with E-state index in [-0.39, 0.29) is 24.8 Å². The number of carboxylic acid groups (broad SMARTS) is 1. The Labute approximate surface area is 199 Å². The molecule has 0 radical (unpaired) electrons. The summed E-state index contributed by atoms with van der Waals surface area (Å²) < 4.78 is 0. The molecule has 4 unspecified atom stereocenters. The van der Waals surface area contributed by atoms with Gasteiger partial charge in [0.2, 0.25) is 17.7 Å². The van der Waals surface area contributed by atoms with Gasteiger partial charge in [0, 0.05) is 23.5 Å². The maximum Gasteiger partial charge on any atom is 0.326 e. The van der Waals surface area contributed by atoms with Gasteiger partial charge in [-0.05, 0) is 23.5 Å². The Kier molecular flexibility index (Phi) is 9.61. The number of carbonyl (C=O) groups excluding carboxylic acids is 3. The number of nitrogens with two attached hydrogens (primary N) is 1. The zero-order valence-electron chi connectivity index (χ0n) is 20.1. The van der Waals surface area contributed by atoms with Gasteiger partial charge in [-0.1, -0.05) is 52.3 Å². The van der Waals surface area contributed by atoms with Crippen LogP contribution in [0.25, 0.3) is 10.9 Å². The lowest BCUT2D eigenvalue weighted by atomic mass is 9.96.